The highest BCUT2D eigenvalue weighted by atomic mass is 14.0. The fourth-order valence-corrected chi connectivity index (χ4v) is 1.00. The number of hydrogen-bond donors (Lipinski definition) is 0. The topological polar surface area (TPSA) is 0 Å². The zero-order valence-corrected chi connectivity index (χ0v) is 12.8. The molecule has 0 saturated carbocycles. The Kier molecular flexibility index (Phi) is 21.2. The van der Waals surface area contributed by atoms with Crippen LogP contribution in [0.25, 0.3) is 0 Å². The zero-order valence-electron chi connectivity index (χ0n) is 12.8. The number of allylic oxidation sites excluding steroid dienone is 8. The Morgan fingerprint density at radius 1 is 0.941 bits per heavy atom. The molecule has 0 aliphatic rings. The summed E-state index contributed by atoms with van der Waals surface area (Å²) in [5, 5.41) is 0. The van der Waals surface area contributed by atoms with E-state index in [9.17, 15) is 0 Å². The van der Waals surface area contributed by atoms with E-state index in [1.54, 1.807) is 6.08 Å². The molecule has 0 unspecified atom stereocenters. The van der Waals surface area contributed by atoms with E-state index in [2.05, 4.69) is 39.2 Å². The van der Waals surface area contributed by atoms with Gasteiger partial charge in [0.1, 0.15) is 0 Å². The van der Waals surface area contributed by atoms with Crippen LogP contribution in [0.1, 0.15) is 48.5 Å². The minimum Gasteiger partial charge on any atom is -0.0991 e. The second-order valence-corrected chi connectivity index (χ2v) is 2.87. The third-order valence-corrected chi connectivity index (χ3v) is 1.99. The van der Waals surface area contributed by atoms with Gasteiger partial charge in [-0.2, -0.15) is 0 Å². The minimum absolute atomic E-state index is 1.19. The number of hydrogen-bond acceptors (Lipinski definition) is 0. The molecule has 0 heteroatoms. The van der Waals surface area contributed by atoms with Gasteiger partial charge in [-0.05, 0) is 37.5 Å². The molecule has 0 spiro atoms. The third kappa shape index (κ3) is 11.0. The van der Waals surface area contributed by atoms with Gasteiger partial charge >= 0.3 is 0 Å². The summed E-state index contributed by atoms with van der Waals surface area (Å²) < 4.78 is 0. The summed E-state index contributed by atoms with van der Waals surface area (Å²) in [6.07, 6.45) is 9.74. The first-order valence-corrected chi connectivity index (χ1v) is 6.43. The van der Waals surface area contributed by atoms with Crippen molar-refractivity contribution in [3.8, 4) is 0 Å². The summed E-state index contributed by atoms with van der Waals surface area (Å²) in [5.41, 5.74) is 3.67. The van der Waals surface area contributed by atoms with Crippen LogP contribution in [0.2, 0.25) is 0 Å². The van der Waals surface area contributed by atoms with Gasteiger partial charge in [-0.1, -0.05) is 71.2 Å². The van der Waals surface area contributed by atoms with Gasteiger partial charge in [0.05, 0.1) is 0 Å². The molecule has 0 aromatic rings. The second-order valence-electron chi connectivity index (χ2n) is 2.87. The molecule has 0 bridgehead atoms. The van der Waals surface area contributed by atoms with E-state index in [0.29, 0.717) is 0 Å². The van der Waals surface area contributed by atoms with Crippen molar-refractivity contribution in [3.05, 3.63) is 60.3 Å². The molecule has 0 N–H and O–H groups in total. The third-order valence-electron chi connectivity index (χ3n) is 1.99. The summed E-state index contributed by atoms with van der Waals surface area (Å²) in [4.78, 5) is 0. The quantitative estimate of drug-likeness (QED) is 0.504. The summed E-state index contributed by atoms with van der Waals surface area (Å²) in [6.45, 7) is 21.6. The predicted octanol–water partition coefficient (Wildman–Crippen LogP) is 6.25. The maximum atomic E-state index is 3.76. The Hall–Kier alpha value is -1.30. The van der Waals surface area contributed by atoms with Crippen LogP contribution < -0.4 is 0 Å². The highest BCUT2D eigenvalue weighted by Gasteiger charge is 1.96. The minimum atomic E-state index is 1.19. The van der Waals surface area contributed by atoms with Crippen molar-refractivity contribution in [1.29, 1.82) is 0 Å². The van der Waals surface area contributed by atoms with Crippen LogP contribution in [-0.2, 0) is 0 Å². The van der Waals surface area contributed by atoms with E-state index in [-0.39, 0.29) is 0 Å². The molecule has 98 valence electrons. The molecule has 0 atom stereocenters. The Balaban J connectivity index is -0.000000439. The van der Waals surface area contributed by atoms with E-state index >= 15 is 0 Å². The Labute approximate surface area is 109 Å². The molecule has 0 aromatic carbocycles. The van der Waals surface area contributed by atoms with Crippen molar-refractivity contribution in [3.63, 3.8) is 0 Å². The Morgan fingerprint density at radius 3 is 1.71 bits per heavy atom. The van der Waals surface area contributed by atoms with Crippen molar-refractivity contribution in [2.75, 3.05) is 0 Å². The van der Waals surface area contributed by atoms with Gasteiger partial charge in [-0.3, -0.25) is 0 Å². The van der Waals surface area contributed by atoms with Gasteiger partial charge in [0, 0.05) is 0 Å². The Morgan fingerprint density at radius 2 is 1.41 bits per heavy atom. The van der Waals surface area contributed by atoms with E-state index in [1.165, 1.54) is 16.7 Å². The first kappa shape index (κ1) is 21.0. The molecule has 0 radical (unpaired) electrons. The van der Waals surface area contributed by atoms with Gasteiger partial charge in [0.2, 0.25) is 0 Å². The lowest BCUT2D eigenvalue weighted by Crippen LogP contribution is -1.85. The van der Waals surface area contributed by atoms with Crippen molar-refractivity contribution in [1.82, 2.24) is 0 Å². The monoisotopic (exact) mass is 234 g/mol. The van der Waals surface area contributed by atoms with Gasteiger partial charge < -0.3 is 0 Å². The van der Waals surface area contributed by atoms with Crippen LogP contribution in [0.3, 0.4) is 0 Å². The van der Waals surface area contributed by atoms with Gasteiger partial charge in [0.25, 0.3) is 0 Å². The van der Waals surface area contributed by atoms with Crippen molar-refractivity contribution >= 4 is 0 Å². The van der Waals surface area contributed by atoms with Gasteiger partial charge in [-0.15, -0.1) is 0 Å². The zero-order chi connectivity index (χ0) is 14.3. The van der Waals surface area contributed by atoms with E-state index in [1.807, 2.05) is 46.8 Å². The van der Waals surface area contributed by atoms with Gasteiger partial charge in [-0.25, -0.2) is 0 Å². The first-order valence-electron chi connectivity index (χ1n) is 6.43. The van der Waals surface area contributed by atoms with Gasteiger partial charge in [0.15, 0.2) is 0 Å². The summed E-state index contributed by atoms with van der Waals surface area (Å²) >= 11 is 0. The summed E-state index contributed by atoms with van der Waals surface area (Å²) in [6, 6.07) is 0. The molecule has 0 aliphatic heterocycles. The van der Waals surface area contributed by atoms with E-state index in [0.717, 1.165) is 0 Å². The lowest BCUT2D eigenvalue weighted by molar-refractivity contribution is 1.33. The standard InChI is InChI=1S/C13H18.2C2H6/c1-6-9-10-13(11(4)7-2)12(5)8-3;2*1-2/h6-10H,1-2H2,3-5H3;2*1-2H3/b10-9-,12-8-,13-11-;;. The first-order chi connectivity index (χ1) is 8.17. The fourth-order valence-electron chi connectivity index (χ4n) is 1.00. The average Bonchev–Trinajstić information content (AvgIpc) is 2.42. The SMILES string of the molecule is C=C\C=C/C(C(/C)=C\C)=C(\C)C=C.CC.CC. The van der Waals surface area contributed by atoms with Crippen LogP contribution in [0.5, 0.6) is 0 Å². The maximum absolute atomic E-state index is 3.76. The lowest BCUT2D eigenvalue weighted by Gasteiger charge is -2.04. The molecule has 0 aliphatic carbocycles. The van der Waals surface area contributed by atoms with E-state index in [4.69, 9.17) is 0 Å². The largest absolute Gasteiger partial charge is 0.0991 e. The molecule has 0 saturated heterocycles. The highest BCUT2D eigenvalue weighted by Crippen LogP contribution is 2.16. The summed E-state index contributed by atoms with van der Waals surface area (Å²) in [7, 11) is 0. The van der Waals surface area contributed by atoms with Crippen LogP contribution in [0.4, 0.5) is 0 Å². The molecule has 17 heavy (non-hydrogen) atoms. The van der Waals surface area contributed by atoms with Crippen LogP contribution in [-0.4, -0.2) is 0 Å². The molecule has 0 aromatic heterocycles. The molecule has 0 amide bonds. The molecular weight excluding hydrogens is 204 g/mol. The fraction of sp³-hybridized carbons (Fsp3) is 0.412. The van der Waals surface area contributed by atoms with E-state index < -0.39 is 0 Å². The van der Waals surface area contributed by atoms with Crippen molar-refractivity contribution < 1.29 is 0 Å². The summed E-state index contributed by atoms with van der Waals surface area (Å²) in [5.74, 6) is 0. The molecular formula is C17H30. The number of rotatable bonds is 4. The van der Waals surface area contributed by atoms with Crippen molar-refractivity contribution in [2.24, 2.45) is 0 Å². The van der Waals surface area contributed by atoms with Crippen LogP contribution in [0, 0.1) is 0 Å². The molecule has 0 nitrogen and oxygen atoms in total. The maximum Gasteiger partial charge on any atom is -0.0202 e. The van der Waals surface area contributed by atoms with Crippen LogP contribution >= 0.6 is 0 Å². The molecule has 0 rings (SSSR count). The smallest absolute Gasteiger partial charge is 0.0202 e. The molecule has 0 fully saturated rings. The molecule has 0 heterocycles. The Bertz CT molecular complexity index is 272. The second kappa shape index (κ2) is 17.1. The lowest BCUT2D eigenvalue weighted by atomic mass is 10.0. The van der Waals surface area contributed by atoms with Crippen LogP contribution in [0.15, 0.2) is 60.3 Å². The normalized spacial score (nSPS) is 11.6. The predicted molar refractivity (Wildman–Crippen MR) is 84.4 cm³/mol. The van der Waals surface area contributed by atoms with Crippen molar-refractivity contribution in [2.45, 2.75) is 48.5 Å². The average molecular weight is 234 g/mol. The highest BCUT2D eigenvalue weighted by molar-refractivity contribution is 5.45.